The fourth-order valence-corrected chi connectivity index (χ4v) is 2.92. The first-order valence-corrected chi connectivity index (χ1v) is 8.61. The first kappa shape index (κ1) is 22.2. The Labute approximate surface area is 160 Å². The van der Waals surface area contributed by atoms with Crippen LogP contribution in [0.3, 0.4) is 0 Å². The van der Waals surface area contributed by atoms with E-state index in [9.17, 15) is 9.59 Å². The molecule has 1 aromatic rings. The van der Waals surface area contributed by atoms with Crippen LogP contribution in [-0.2, 0) is 19.1 Å². The van der Waals surface area contributed by atoms with Crippen molar-refractivity contribution in [3.8, 4) is 0 Å². The first-order chi connectivity index (χ1) is 12.1. The van der Waals surface area contributed by atoms with Crippen molar-refractivity contribution in [3.63, 3.8) is 0 Å². The van der Waals surface area contributed by atoms with Crippen LogP contribution in [0.5, 0.6) is 0 Å². The quantitative estimate of drug-likeness (QED) is 0.469. The molecular weight excluding hydrogens is 358 g/mol. The number of anilines is 2. The van der Waals surface area contributed by atoms with E-state index in [1.807, 2.05) is 12.1 Å². The highest BCUT2D eigenvalue weighted by Gasteiger charge is 2.27. The first-order valence-electron chi connectivity index (χ1n) is 8.61. The third-order valence-corrected chi connectivity index (χ3v) is 4.35. The summed E-state index contributed by atoms with van der Waals surface area (Å²) in [5, 5.41) is 5.85. The van der Waals surface area contributed by atoms with Gasteiger partial charge in [-0.1, -0.05) is 12.1 Å². The van der Waals surface area contributed by atoms with E-state index in [0.717, 1.165) is 25.7 Å². The van der Waals surface area contributed by atoms with Gasteiger partial charge in [0.1, 0.15) is 6.61 Å². The Hall–Kier alpha value is -1.83. The highest BCUT2D eigenvalue weighted by Crippen LogP contribution is 2.26. The molecule has 1 aliphatic carbocycles. The van der Waals surface area contributed by atoms with Crippen molar-refractivity contribution in [1.82, 2.24) is 5.32 Å². The van der Waals surface area contributed by atoms with Gasteiger partial charge in [-0.2, -0.15) is 0 Å². The third kappa shape index (κ3) is 7.19. The van der Waals surface area contributed by atoms with Gasteiger partial charge in [0, 0.05) is 19.1 Å². The van der Waals surface area contributed by atoms with Gasteiger partial charge in [0.05, 0.1) is 24.6 Å². The number of hydrogen-bond acceptors (Lipinski definition) is 5. The number of nitrogen functional groups attached to an aromatic ring is 1. The maximum Gasteiger partial charge on any atom is 0.246 e. The second kappa shape index (κ2) is 11.7. The largest absolute Gasteiger partial charge is 0.397 e. The smallest absolute Gasteiger partial charge is 0.246 e. The molecule has 2 amide bonds. The monoisotopic (exact) mass is 385 g/mol. The minimum Gasteiger partial charge on any atom is -0.397 e. The van der Waals surface area contributed by atoms with Gasteiger partial charge in [-0.15, -0.1) is 12.4 Å². The number of amides is 2. The van der Waals surface area contributed by atoms with E-state index >= 15 is 0 Å². The summed E-state index contributed by atoms with van der Waals surface area (Å²) < 4.78 is 10.1. The summed E-state index contributed by atoms with van der Waals surface area (Å²) >= 11 is 0. The topological polar surface area (TPSA) is 103 Å². The zero-order valence-electron chi connectivity index (χ0n) is 15.0. The minimum absolute atomic E-state index is 0. The molecule has 0 unspecified atom stereocenters. The summed E-state index contributed by atoms with van der Waals surface area (Å²) in [5.74, 6) is -0.183. The molecule has 8 heteroatoms. The second-order valence-electron chi connectivity index (χ2n) is 6.24. The predicted octanol–water partition coefficient (Wildman–Crippen LogP) is 1.97. The van der Waals surface area contributed by atoms with Crippen molar-refractivity contribution in [2.45, 2.75) is 31.7 Å². The maximum atomic E-state index is 12.4. The molecule has 0 aliphatic heterocycles. The SMILES string of the molecule is COCCOCC(=O)NC1CCC(C(=O)Nc2ccccc2N)CC1.Cl. The number of nitrogens with one attached hydrogen (secondary N) is 2. The summed E-state index contributed by atoms with van der Waals surface area (Å²) in [6, 6.07) is 7.33. The van der Waals surface area contributed by atoms with E-state index in [1.54, 1.807) is 19.2 Å². The van der Waals surface area contributed by atoms with Gasteiger partial charge >= 0.3 is 0 Å². The van der Waals surface area contributed by atoms with E-state index < -0.39 is 0 Å². The zero-order chi connectivity index (χ0) is 18.1. The molecular formula is C18H28ClN3O4. The van der Waals surface area contributed by atoms with Gasteiger partial charge < -0.3 is 25.8 Å². The van der Waals surface area contributed by atoms with Crippen molar-refractivity contribution >= 4 is 35.6 Å². The van der Waals surface area contributed by atoms with Crippen LogP contribution in [0, 0.1) is 5.92 Å². The average molecular weight is 386 g/mol. The van der Waals surface area contributed by atoms with E-state index in [4.69, 9.17) is 15.2 Å². The van der Waals surface area contributed by atoms with Crippen LogP contribution in [-0.4, -0.2) is 44.8 Å². The molecule has 1 saturated carbocycles. The third-order valence-electron chi connectivity index (χ3n) is 4.35. The van der Waals surface area contributed by atoms with Crippen molar-refractivity contribution in [2.24, 2.45) is 5.92 Å². The number of carbonyl (C=O) groups excluding carboxylic acids is 2. The minimum atomic E-state index is -0.124. The molecule has 0 heterocycles. The molecule has 26 heavy (non-hydrogen) atoms. The van der Waals surface area contributed by atoms with Crippen LogP contribution < -0.4 is 16.4 Å². The summed E-state index contributed by atoms with van der Waals surface area (Å²) in [6.07, 6.45) is 3.06. The number of hydrogen-bond donors (Lipinski definition) is 3. The standard InChI is InChI=1S/C18H27N3O4.ClH/c1-24-10-11-25-12-17(22)20-14-8-6-13(7-9-14)18(23)21-16-5-3-2-4-15(16)19;/h2-5,13-14H,6-12,19H2,1H3,(H,20,22)(H,21,23);1H. The van der Waals surface area contributed by atoms with Crippen LogP contribution in [0.25, 0.3) is 0 Å². The molecule has 0 spiro atoms. The Morgan fingerprint density at radius 3 is 2.50 bits per heavy atom. The predicted molar refractivity (Wildman–Crippen MR) is 103 cm³/mol. The fraction of sp³-hybridized carbons (Fsp3) is 0.556. The maximum absolute atomic E-state index is 12.4. The Bertz CT molecular complexity index is 577. The van der Waals surface area contributed by atoms with E-state index in [1.165, 1.54) is 0 Å². The molecule has 2 rings (SSSR count). The molecule has 1 fully saturated rings. The Kier molecular flexibility index (Phi) is 10.0. The summed E-state index contributed by atoms with van der Waals surface area (Å²) in [6.45, 7) is 0.913. The number of para-hydroxylation sites is 2. The Morgan fingerprint density at radius 2 is 1.85 bits per heavy atom. The number of ether oxygens (including phenoxy) is 2. The van der Waals surface area contributed by atoms with Gasteiger partial charge in [0.2, 0.25) is 11.8 Å². The van der Waals surface area contributed by atoms with Crippen molar-refractivity contribution < 1.29 is 19.1 Å². The lowest BCUT2D eigenvalue weighted by molar-refractivity contribution is -0.127. The van der Waals surface area contributed by atoms with E-state index in [2.05, 4.69) is 10.6 Å². The second-order valence-corrected chi connectivity index (χ2v) is 6.24. The molecule has 0 radical (unpaired) electrons. The molecule has 0 aromatic heterocycles. The number of carbonyl (C=O) groups is 2. The highest BCUT2D eigenvalue weighted by atomic mass is 35.5. The lowest BCUT2D eigenvalue weighted by Gasteiger charge is -2.28. The molecule has 7 nitrogen and oxygen atoms in total. The Balaban J connectivity index is 0.00000338. The lowest BCUT2D eigenvalue weighted by atomic mass is 9.85. The van der Waals surface area contributed by atoms with Crippen LogP contribution in [0.1, 0.15) is 25.7 Å². The van der Waals surface area contributed by atoms with Gasteiger partial charge in [0.25, 0.3) is 0 Å². The molecule has 146 valence electrons. The fourth-order valence-electron chi connectivity index (χ4n) is 2.92. The normalized spacial score (nSPS) is 19.3. The molecule has 0 atom stereocenters. The Morgan fingerprint density at radius 1 is 1.15 bits per heavy atom. The van der Waals surface area contributed by atoms with Crippen LogP contribution in [0.2, 0.25) is 0 Å². The number of methoxy groups -OCH3 is 1. The molecule has 1 aromatic carbocycles. The number of rotatable bonds is 8. The molecule has 1 aliphatic rings. The van der Waals surface area contributed by atoms with Crippen molar-refractivity contribution in [2.75, 3.05) is 38.0 Å². The van der Waals surface area contributed by atoms with E-state index in [0.29, 0.717) is 24.6 Å². The summed E-state index contributed by atoms with van der Waals surface area (Å²) in [7, 11) is 1.59. The van der Waals surface area contributed by atoms with Gasteiger partial charge in [0.15, 0.2) is 0 Å². The average Bonchev–Trinajstić information content (AvgIpc) is 2.61. The molecule has 0 saturated heterocycles. The van der Waals surface area contributed by atoms with Gasteiger partial charge in [-0.25, -0.2) is 0 Å². The van der Waals surface area contributed by atoms with Crippen LogP contribution >= 0.6 is 12.4 Å². The van der Waals surface area contributed by atoms with Crippen LogP contribution in [0.15, 0.2) is 24.3 Å². The van der Waals surface area contributed by atoms with Crippen LogP contribution in [0.4, 0.5) is 11.4 Å². The molecule has 4 N–H and O–H groups in total. The number of halogens is 1. The number of nitrogens with two attached hydrogens (primary N) is 1. The van der Waals surface area contributed by atoms with E-state index in [-0.39, 0.29) is 42.8 Å². The van der Waals surface area contributed by atoms with Gasteiger partial charge in [-0.3, -0.25) is 9.59 Å². The summed E-state index contributed by atoms with van der Waals surface area (Å²) in [4.78, 5) is 24.2. The number of benzene rings is 1. The zero-order valence-corrected chi connectivity index (χ0v) is 15.8. The lowest BCUT2D eigenvalue weighted by Crippen LogP contribution is -2.41. The van der Waals surface area contributed by atoms with Crippen molar-refractivity contribution in [3.05, 3.63) is 24.3 Å². The molecule has 0 bridgehead atoms. The highest BCUT2D eigenvalue weighted by molar-refractivity contribution is 5.95. The van der Waals surface area contributed by atoms with Crippen molar-refractivity contribution in [1.29, 1.82) is 0 Å². The summed E-state index contributed by atoms with van der Waals surface area (Å²) in [5.41, 5.74) is 7.06. The van der Waals surface area contributed by atoms with Gasteiger partial charge in [-0.05, 0) is 37.8 Å².